The minimum Gasteiger partial charge on any atom is -0.512 e. The Bertz CT molecular complexity index is 408. The largest absolute Gasteiger partial charge is 0.512 e. The van der Waals surface area contributed by atoms with E-state index < -0.39 is 17.7 Å². The quantitative estimate of drug-likeness (QED) is 0.778. The zero-order chi connectivity index (χ0) is 15.3. The van der Waals surface area contributed by atoms with Crippen LogP contribution in [0.1, 0.15) is 47.0 Å². The number of aliphatic hydroxyl groups excluding tert-OH is 1. The fourth-order valence-corrected chi connectivity index (χ4v) is 1.94. The summed E-state index contributed by atoms with van der Waals surface area (Å²) in [7, 11) is 0. The van der Waals surface area contributed by atoms with Crippen LogP contribution in [0.3, 0.4) is 0 Å². The highest BCUT2D eigenvalue weighted by atomic mass is 16.6. The normalized spacial score (nSPS) is 19.5. The molecule has 0 heterocycles. The van der Waals surface area contributed by atoms with Gasteiger partial charge >= 0.3 is 12.1 Å². The van der Waals surface area contributed by atoms with Gasteiger partial charge in [0.05, 0.1) is 12.2 Å². The van der Waals surface area contributed by atoms with E-state index in [9.17, 15) is 14.7 Å². The molecule has 0 aromatic carbocycles. The number of nitrogens with one attached hydrogen (secondary N) is 1. The van der Waals surface area contributed by atoms with Gasteiger partial charge in [0.15, 0.2) is 0 Å². The van der Waals surface area contributed by atoms with Gasteiger partial charge in [-0.15, -0.1) is 0 Å². The molecule has 6 nitrogen and oxygen atoms in total. The highest BCUT2D eigenvalue weighted by molar-refractivity contribution is 5.89. The molecule has 0 aromatic rings. The van der Waals surface area contributed by atoms with E-state index in [2.05, 4.69) is 5.32 Å². The van der Waals surface area contributed by atoms with Crippen molar-refractivity contribution < 1.29 is 24.2 Å². The van der Waals surface area contributed by atoms with Crippen molar-refractivity contribution in [2.45, 2.75) is 58.6 Å². The molecule has 1 aliphatic carbocycles. The Hall–Kier alpha value is -1.72. The van der Waals surface area contributed by atoms with Gasteiger partial charge in [0.25, 0.3) is 0 Å². The number of alkyl carbamates (subject to hydrolysis) is 1. The van der Waals surface area contributed by atoms with E-state index in [1.807, 2.05) is 0 Å². The Morgan fingerprint density at radius 3 is 2.60 bits per heavy atom. The fraction of sp³-hybridized carbons (Fsp3) is 0.714. The molecule has 0 spiro atoms. The maximum Gasteiger partial charge on any atom is 0.407 e. The van der Waals surface area contributed by atoms with Crippen LogP contribution in [0.4, 0.5) is 4.79 Å². The Morgan fingerprint density at radius 1 is 1.40 bits per heavy atom. The Morgan fingerprint density at radius 2 is 2.05 bits per heavy atom. The van der Waals surface area contributed by atoms with E-state index in [0.29, 0.717) is 12.8 Å². The number of esters is 1. The molecule has 0 saturated carbocycles. The number of ether oxygens (including phenoxy) is 2. The van der Waals surface area contributed by atoms with Gasteiger partial charge in [-0.1, -0.05) is 0 Å². The van der Waals surface area contributed by atoms with E-state index in [4.69, 9.17) is 9.47 Å². The fourth-order valence-electron chi connectivity index (χ4n) is 1.94. The zero-order valence-electron chi connectivity index (χ0n) is 12.5. The number of carbonyl (C=O) groups excluding carboxylic acids is 2. The lowest BCUT2D eigenvalue weighted by molar-refractivity contribution is -0.139. The van der Waals surface area contributed by atoms with Gasteiger partial charge in [-0.2, -0.15) is 0 Å². The molecule has 1 amide bonds. The molecule has 114 valence electrons. The molecule has 6 heteroatoms. The highest BCUT2D eigenvalue weighted by Gasteiger charge is 2.28. The van der Waals surface area contributed by atoms with Crippen LogP contribution in [-0.2, 0) is 14.3 Å². The van der Waals surface area contributed by atoms with E-state index >= 15 is 0 Å². The molecule has 2 N–H and O–H groups in total. The summed E-state index contributed by atoms with van der Waals surface area (Å²) in [4.78, 5) is 23.4. The second-order valence-electron chi connectivity index (χ2n) is 5.73. The number of amides is 1. The summed E-state index contributed by atoms with van der Waals surface area (Å²) < 4.78 is 10.1. The van der Waals surface area contributed by atoms with E-state index in [0.717, 1.165) is 0 Å². The number of aliphatic hydroxyl groups is 1. The third-order valence-corrected chi connectivity index (χ3v) is 2.77. The second kappa shape index (κ2) is 6.63. The third kappa shape index (κ3) is 5.11. The van der Waals surface area contributed by atoms with Crippen molar-refractivity contribution in [1.29, 1.82) is 0 Å². The third-order valence-electron chi connectivity index (χ3n) is 2.77. The molecule has 0 aliphatic heterocycles. The van der Waals surface area contributed by atoms with Crippen molar-refractivity contribution in [2.75, 3.05) is 6.61 Å². The molecule has 0 bridgehead atoms. The lowest BCUT2D eigenvalue weighted by Crippen LogP contribution is -2.41. The van der Waals surface area contributed by atoms with Crippen LogP contribution < -0.4 is 5.32 Å². The average Bonchev–Trinajstić information content (AvgIpc) is 2.29. The molecule has 20 heavy (non-hydrogen) atoms. The Balaban J connectivity index is 2.60. The van der Waals surface area contributed by atoms with E-state index in [1.165, 1.54) is 0 Å². The van der Waals surface area contributed by atoms with Gasteiger partial charge in [0.1, 0.15) is 11.4 Å². The molecule has 1 unspecified atom stereocenters. The van der Waals surface area contributed by atoms with Crippen LogP contribution >= 0.6 is 0 Å². The van der Waals surface area contributed by atoms with Gasteiger partial charge in [0, 0.05) is 18.9 Å². The molecule has 1 rings (SSSR count). The van der Waals surface area contributed by atoms with E-state index in [1.54, 1.807) is 27.7 Å². The number of rotatable bonds is 3. The molecule has 0 fully saturated rings. The van der Waals surface area contributed by atoms with Crippen molar-refractivity contribution in [3.05, 3.63) is 11.3 Å². The number of hydrogen-bond donors (Lipinski definition) is 2. The van der Waals surface area contributed by atoms with Gasteiger partial charge < -0.3 is 19.9 Å². The van der Waals surface area contributed by atoms with Crippen LogP contribution in [0.25, 0.3) is 0 Å². The first-order valence-electron chi connectivity index (χ1n) is 6.80. The van der Waals surface area contributed by atoms with Crippen LogP contribution in [-0.4, -0.2) is 35.4 Å². The minimum absolute atomic E-state index is 0.0469. The molecule has 0 aromatic heterocycles. The molecule has 0 saturated heterocycles. The first kappa shape index (κ1) is 16.3. The smallest absolute Gasteiger partial charge is 0.407 e. The van der Waals surface area contributed by atoms with Crippen molar-refractivity contribution in [3.8, 4) is 0 Å². The van der Waals surface area contributed by atoms with Crippen molar-refractivity contribution in [2.24, 2.45) is 0 Å². The topological polar surface area (TPSA) is 84.9 Å². The molecular weight excluding hydrogens is 262 g/mol. The Kier molecular flexibility index (Phi) is 5.42. The average molecular weight is 285 g/mol. The van der Waals surface area contributed by atoms with Crippen LogP contribution in [0.5, 0.6) is 0 Å². The summed E-state index contributed by atoms with van der Waals surface area (Å²) >= 11 is 0. The predicted molar refractivity (Wildman–Crippen MR) is 73.3 cm³/mol. The monoisotopic (exact) mass is 285 g/mol. The molecule has 0 radical (unpaired) electrons. The zero-order valence-corrected chi connectivity index (χ0v) is 12.5. The summed E-state index contributed by atoms with van der Waals surface area (Å²) in [6.45, 7) is 7.30. The van der Waals surface area contributed by atoms with Crippen LogP contribution in [0, 0.1) is 0 Å². The second-order valence-corrected chi connectivity index (χ2v) is 5.73. The molecule has 1 atom stereocenters. The van der Waals surface area contributed by atoms with Crippen molar-refractivity contribution in [1.82, 2.24) is 5.32 Å². The summed E-state index contributed by atoms with van der Waals surface area (Å²) in [5.41, 5.74) is -0.333. The SMILES string of the molecule is CCOC(=O)C1=C(O)CCC(NC(=O)OC(C)(C)C)C1. The van der Waals surface area contributed by atoms with Crippen LogP contribution in [0.2, 0.25) is 0 Å². The first-order chi connectivity index (χ1) is 9.23. The Labute approximate surface area is 119 Å². The van der Waals surface area contributed by atoms with Crippen LogP contribution in [0.15, 0.2) is 11.3 Å². The maximum absolute atomic E-state index is 11.7. The van der Waals surface area contributed by atoms with Gasteiger partial charge in [0.2, 0.25) is 0 Å². The lowest BCUT2D eigenvalue weighted by atomic mass is 9.93. The summed E-state index contributed by atoms with van der Waals surface area (Å²) in [6.07, 6.45) is 0.638. The maximum atomic E-state index is 11.7. The summed E-state index contributed by atoms with van der Waals surface area (Å²) in [5.74, 6) is -0.480. The first-order valence-corrected chi connectivity index (χ1v) is 6.80. The van der Waals surface area contributed by atoms with Crippen molar-refractivity contribution in [3.63, 3.8) is 0 Å². The minimum atomic E-state index is -0.569. The van der Waals surface area contributed by atoms with E-state index in [-0.39, 0.29) is 30.4 Å². The summed E-state index contributed by atoms with van der Waals surface area (Å²) in [5, 5.41) is 12.4. The predicted octanol–water partition coefficient (Wildman–Crippen LogP) is 2.44. The highest BCUT2D eigenvalue weighted by Crippen LogP contribution is 2.24. The lowest BCUT2D eigenvalue weighted by Gasteiger charge is -2.26. The van der Waals surface area contributed by atoms with Crippen molar-refractivity contribution >= 4 is 12.1 Å². The standard InChI is InChI=1S/C14H23NO5/c1-5-19-12(17)10-8-9(6-7-11(10)16)15-13(18)20-14(2,3)4/h9,16H,5-8H2,1-4H3,(H,15,18). The van der Waals surface area contributed by atoms with Gasteiger partial charge in [-0.3, -0.25) is 0 Å². The molecular formula is C14H23NO5. The van der Waals surface area contributed by atoms with Gasteiger partial charge in [-0.05, 0) is 34.1 Å². The van der Waals surface area contributed by atoms with Gasteiger partial charge in [-0.25, -0.2) is 9.59 Å². The number of carbonyl (C=O) groups is 2. The number of allylic oxidation sites excluding steroid dienone is 1. The molecule has 1 aliphatic rings. The number of hydrogen-bond acceptors (Lipinski definition) is 5. The summed E-state index contributed by atoms with van der Waals surface area (Å²) in [6, 6.07) is -0.236.